The summed E-state index contributed by atoms with van der Waals surface area (Å²) in [7, 11) is 1.02. The largest absolute Gasteiger partial charge is 0.497 e. The lowest BCUT2D eigenvalue weighted by molar-refractivity contribution is -0.131. The van der Waals surface area contributed by atoms with Crippen LogP contribution in [0.2, 0.25) is 0 Å². The Balaban J connectivity index is 1.55. The van der Waals surface area contributed by atoms with E-state index in [2.05, 4.69) is 0 Å². The first-order valence-corrected chi connectivity index (χ1v) is 12.4. The minimum absolute atomic E-state index is 0.0818. The van der Waals surface area contributed by atoms with Crippen molar-refractivity contribution in [3.8, 4) is 5.75 Å². The number of ether oxygens (including phenoxy) is 1. The number of benzene rings is 2. The van der Waals surface area contributed by atoms with Crippen molar-refractivity contribution >= 4 is 21.8 Å². The second kappa shape index (κ2) is 10.8. The predicted molar refractivity (Wildman–Crippen MR) is 126 cm³/mol. The third-order valence-electron chi connectivity index (χ3n) is 5.80. The van der Waals surface area contributed by atoms with Crippen molar-refractivity contribution in [2.45, 2.75) is 24.2 Å². The molecule has 1 aliphatic rings. The number of carbonyl (C=O) groups excluding carboxylic acids is 2. The summed E-state index contributed by atoms with van der Waals surface area (Å²) in [6.45, 7) is 2.11. The minimum Gasteiger partial charge on any atom is -0.497 e. The van der Waals surface area contributed by atoms with E-state index in [4.69, 9.17) is 4.74 Å². The number of hydrogen-bond donors (Lipinski definition) is 0. The molecule has 1 fully saturated rings. The van der Waals surface area contributed by atoms with Crippen molar-refractivity contribution in [2.24, 2.45) is 0 Å². The van der Waals surface area contributed by atoms with Gasteiger partial charge >= 0.3 is 0 Å². The number of hydrogen-bond acceptors (Lipinski definition) is 5. The van der Waals surface area contributed by atoms with Gasteiger partial charge in [0.1, 0.15) is 5.75 Å². The lowest BCUT2D eigenvalue weighted by atomic mass is 10.1. The normalized spacial score (nSPS) is 14.8. The third kappa shape index (κ3) is 6.11. The molecule has 2 amide bonds. The zero-order valence-corrected chi connectivity index (χ0v) is 20.2. The number of carbonyl (C=O) groups is 2. The summed E-state index contributed by atoms with van der Waals surface area (Å²) in [4.78, 5) is 29.4. The Morgan fingerprint density at radius 3 is 2.12 bits per heavy atom. The number of nitrogens with zero attached hydrogens (tertiary/aromatic N) is 3. The van der Waals surface area contributed by atoms with Gasteiger partial charge < -0.3 is 14.5 Å². The van der Waals surface area contributed by atoms with Crippen molar-refractivity contribution in [3.05, 3.63) is 59.7 Å². The van der Waals surface area contributed by atoms with E-state index in [-0.39, 0.29) is 16.7 Å². The second-order valence-corrected chi connectivity index (χ2v) is 10.3. The van der Waals surface area contributed by atoms with Crippen LogP contribution in [0.4, 0.5) is 0 Å². The molecule has 0 atom stereocenters. The molecule has 3 rings (SSSR count). The summed E-state index contributed by atoms with van der Waals surface area (Å²) in [5, 5.41) is 0. The summed E-state index contributed by atoms with van der Waals surface area (Å²) >= 11 is 0. The SMILES string of the molecule is COc1ccc(CCC(=O)N2CCCN(C(=O)c3ccc(S(=O)(=O)N(C)C)cc3)CC2)cc1. The standard InChI is InChI=1S/C24H31N3O5S/c1-25(2)33(30,31)22-12-8-20(9-13-22)24(29)27-16-4-15-26(17-18-27)23(28)14-7-19-5-10-21(32-3)11-6-19/h5-6,8-13H,4,7,14-18H2,1-3H3. The van der Waals surface area contributed by atoms with Crippen molar-refractivity contribution in [1.82, 2.24) is 14.1 Å². The summed E-state index contributed by atoms with van der Waals surface area (Å²) in [5.74, 6) is 0.714. The Labute approximate surface area is 195 Å². The van der Waals surface area contributed by atoms with Crippen LogP contribution in [0.5, 0.6) is 5.75 Å². The van der Waals surface area contributed by atoms with E-state index in [1.165, 1.54) is 26.2 Å². The van der Waals surface area contributed by atoms with Crippen LogP contribution in [-0.2, 0) is 21.2 Å². The van der Waals surface area contributed by atoms with Crippen molar-refractivity contribution in [3.63, 3.8) is 0 Å². The molecule has 2 aromatic rings. The van der Waals surface area contributed by atoms with Crippen LogP contribution in [0.3, 0.4) is 0 Å². The average molecular weight is 474 g/mol. The highest BCUT2D eigenvalue weighted by molar-refractivity contribution is 7.89. The molecule has 1 aliphatic heterocycles. The molecule has 8 nitrogen and oxygen atoms in total. The molecule has 0 saturated carbocycles. The fourth-order valence-corrected chi connectivity index (χ4v) is 4.64. The lowest BCUT2D eigenvalue weighted by Gasteiger charge is -2.22. The average Bonchev–Trinajstić information content (AvgIpc) is 3.09. The Hall–Kier alpha value is -2.91. The topological polar surface area (TPSA) is 87.2 Å². The van der Waals surface area contributed by atoms with E-state index in [9.17, 15) is 18.0 Å². The van der Waals surface area contributed by atoms with Gasteiger partial charge in [0.15, 0.2) is 0 Å². The van der Waals surface area contributed by atoms with Crippen molar-refractivity contribution < 1.29 is 22.7 Å². The number of amides is 2. The van der Waals surface area contributed by atoms with Gasteiger partial charge in [0.05, 0.1) is 12.0 Å². The van der Waals surface area contributed by atoms with Gasteiger partial charge in [-0.3, -0.25) is 9.59 Å². The fourth-order valence-electron chi connectivity index (χ4n) is 3.73. The number of sulfonamides is 1. The molecule has 0 spiro atoms. The van der Waals surface area contributed by atoms with Crippen LogP contribution in [0.15, 0.2) is 53.4 Å². The molecule has 33 heavy (non-hydrogen) atoms. The van der Waals surface area contributed by atoms with Gasteiger partial charge in [0.25, 0.3) is 5.91 Å². The summed E-state index contributed by atoms with van der Waals surface area (Å²) in [5.41, 5.74) is 1.52. The third-order valence-corrected chi connectivity index (χ3v) is 7.63. The Morgan fingerprint density at radius 2 is 1.52 bits per heavy atom. The van der Waals surface area contributed by atoms with Gasteiger partial charge in [-0.15, -0.1) is 0 Å². The van der Waals surface area contributed by atoms with Crippen molar-refractivity contribution in [2.75, 3.05) is 47.4 Å². The molecule has 0 unspecified atom stereocenters. The van der Waals surface area contributed by atoms with Gasteiger partial charge in [-0.1, -0.05) is 12.1 Å². The first-order valence-electron chi connectivity index (χ1n) is 10.9. The monoisotopic (exact) mass is 473 g/mol. The number of methoxy groups -OCH3 is 1. The molecule has 1 saturated heterocycles. The molecule has 0 N–H and O–H groups in total. The molecule has 9 heteroatoms. The van der Waals surface area contributed by atoms with Crippen LogP contribution in [-0.4, -0.2) is 81.7 Å². The van der Waals surface area contributed by atoms with Crippen LogP contribution >= 0.6 is 0 Å². The summed E-state index contributed by atoms with van der Waals surface area (Å²) < 4.78 is 30.7. The quantitative estimate of drug-likeness (QED) is 0.616. The Morgan fingerprint density at radius 1 is 0.909 bits per heavy atom. The Bertz CT molecular complexity index is 1070. The van der Waals surface area contributed by atoms with E-state index in [1.54, 1.807) is 24.1 Å². The van der Waals surface area contributed by atoms with Gasteiger partial charge in [-0.25, -0.2) is 12.7 Å². The number of aryl methyl sites for hydroxylation is 1. The zero-order valence-electron chi connectivity index (χ0n) is 19.4. The van der Waals surface area contributed by atoms with Gasteiger partial charge in [-0.2, -0.15) is 0 Å². The van der Waals surface area contributed by atoms with Gasteiger partial charge in [0.2, 0.25) is 15.9 Å². The van der Waals surface area contributed by atoms with E-state index >= 15 is 0 Å². The molecule has 178 valence electrons. The van der Waals surface area contributed by atoms with Crippen LogP contribution in [0.1, 0.15) is 28.8 Å². The highest BCUT2D eigenvalue weighted by atomic mass is 32.2. The van der Waals surface area contributed by atoms with E-state index in [1.807, 2.05) is 29.2 Å². The van der Waals surface area contributed by atoms with Crippen LogP contribution < -0.4 is 4.74 Å². The maximum Gasteiger partial charge on any atom is 0.253 e. The van der Waals surface area contributed by atoms with Gasteiger partial charge in [-0.05, 0) is 54.8 Å². The maximum absolute atomic E-state index is 12.9. The summed E-state index contributed by atoms with van der Waals surface area (Å²) in [6.07, 6.45) is 1.78. The molecule has 0 radical (unpaired) electrons. The number of rotatable bonds is 7. The molecular weight excluding hydrogens is 442 g/mol. The van der Waals surface area contributed by atoms with E-state index in [0.29, 0.717) is 51.0 Å². The smallest absolute Gasteiger partial charge is 0.253 e. The molecule has 2 aromatic carbocycles. The van der Waals surface area contributed by atoms with Crippen LogP contribution in [0, 0.1) is 0 Å². The minimum atomic E-state index is -3.54. The molecule has 0 aliphatic carbocycles. The highest BCUT2D eigenvalue weighted by Gasteiger charge is 2.24. The Kier molecular flexibility index (Phi) is 8.10. The predicted octanol–water partition coefficient (Wildman–Crippen LogP) is 2.25. The van der Waals surface area contributed by atoms with Gasteiger partial charge in [0, 0.05) is 52.3 Å². The second-order valence-electron chi connectivity index (χ2n) is 8.19. The first kappa shape index (κ1) is 24.7. The highest BCUT2D eigenvalue weighted by Crippen LogP contribution is 2.17. The molecule has 0 bridgehead atoms. The summed E-state index contributed by atoms with van der Waals surface area (Å²) in [6, 6.07) is 13.7. The van der Waals surface area contributed by atoms with E-state index < -0.39 is 10.0 Å². The molecule has 0 aromatic heterocycles. The van der Waals surface area contributed by atoms with Crippen molar-refractivity contribution in [1.29, 1.82) is 0 Å². The lowest BCUT2D eigenvalue weighted by Crippen LogP contribution is -2.37. The van der Waals surface area contributed by atoms with Crippen LogP contribution in [0.25, 0.3) is 0 Å². The molecular formula is C24H31N3O5S. The maximum atomic E-state index is 12.9. The van der Waals surface area contributed by atoms with E-state index in [0.717, 1.165) is 15.6 Å². The fraction of sp³-hybridized carbons (Fsp3) is 0.417. The first-order chi connectivity index (χ1) is 15.7. The zero-order chi connectivity index (χ0) is 24.0. The molecule has 1 heterocycles.